The summed E-state index contributed by atoms with van der Waals surface area (Å²) in [5, 5.41) is 2.81. The molecule has 0 aliphatic carbocycles. The van der Waals surface area contributed by atoms with Gasteiger partial charge in [0.25, 0.3) is 0 Å². The van der Waals surface area contributed by atoms with E-state index in [9.17, 15) is 8.78 Å². The second kappa shape index (κ2) is 12.9. The van der Waals surface area contributed by atoms with Crippen molar-refractivity contribution in [1.82, 2.24) is 5.32 Å². The number of hydrogen-bond acceptors (Lipinski definition) is 4. The van der Waals surface area contributed by atoms with E-state index in [4.69, 9.17) is 5.73 Å². The van der Waals surface area contributed by atoms with Crippen LogP contribution in [0.2, 0.25) is 0 Å². The summed E-state index contributed by atoms with van der Waals surface area (Å²) in [4.78, 5) is 0. The number of thiol groups is 1. The molecule has 0 saturated heterocycles. The summed E-state index contributed by atoms with van der Waals surface area (Å²) in [5.41, 5.74) is 4.99. The van der Waals surface area contributed by atoms with Crippen LogP contribution in [0.5, 0.6) is 0 Å². The van der Waals surface area contributed by atoms with Crippen LogP contribution < -0.4 is 11.1 Å². The molecule has 0 rings (SSSR count). The van der Waals surface area contributed by atoms with Crippen molar-refractivity contribution >= 4 is 24.4 Å². The minimum atomic E-state index is -1.19. The molecule has 0 aliphatic rings. The predicted octanol–water partition coefficient (Wildman–Crippen LogP) is 3.09. The molecule has 0 fully saturated rings. The maximum Gasteiger partial charge on any atom is 0.151 e. The van der Waals surface area contributed by atoms with Crippen LogP contribution in [0.4, 0.5) is 8.78 Å². The van der Waals surface area contributed by atoms with Crippen molar-refractivity contribution in [2.45, 2.75) is 51.1 Å². The Morgan fingerprint density at radius 2 is 1.82 bits per heavy atom. The van der Waals surface area contributed by atoms with E-state index >= 15 is 0 Å². The number of alkyl halides is 2. The lowest BCUT2D eigenvalue weighted by molar-refractivity contribution is 0.265. The van der Waals surface area contributed by atoms with Gasteiger partial charge in [-0.3, -0.25) is 5.32 Å². The average Bonchev–Trinajstić information content (AvgIpc) is 2.28. The molecule has 0 aliphatic heterocycles. The van der Waals surface area contributed by atoms with Crippen molar-refractivity contribution in [2.75, 3.05) is 17.4 Å². The van der Waals surface area contributed by atoms with Gasteiger partial charge in [0.2, 0.25) is 0 Å². The molecule has 2 nitrogen and oxygen atoms in total. The zero-order valence-electron chi connectivity index (χ0n) is 10.2. The molecule has 0 heterocycles. The summed E-state index contributed by atoms with van der Waals surface area (Å²) in [6.07, 6.45) is 2.42. The Balaban J connectivity index is 3.11. The van der Waals surface area contributed by atoms with Crippen molar-refractivity contribution < 1.29 is 8.78 Å². The van der Waals surface area contributed by atoms with Crippen molar-refractivity contribution in [1.29, 1.82) is 0 Å². The van der Waals surface area contributed by atoms with E-state index in [1.165, 1.54) is 0 Å². The standard InChI is InChI=1S/C11H24F2N2S2/c12-10(14)5-2-4-8-17-9-15-11(13)6-1-3-7-16/h10-11,15-16H,1-9,14H2. The SMILES string of the molecule is NC(F)CCCCSCNC(F)CCCCS. The molecule has 0 aromatic heterocycles. The number of nitrogens with one attached hydrogen (secondary N) is 1. The second-order valence-electron chi connectivity index (χ2n) is 3.96. The number of unbranched alkanes of at least 4 members (excludes halogenated alkanes) is 2. The zero-order chi connectivity index (χ0) is 12.9. The average molecular weight is 286 g/mol. The first-order valence-electron chi connectivity index (χ1n) is 6.12. The van der Waals surface area contributed by atoms with Crippen LogP contribution in [-0.4, -0.2) is 30.0 Å². The molecule has 17 heavy (non-hydrogen) atoms. The Bertz CT molecular complexity index is 162. The summed E-state index contributed by atoms with van der Waals surface area (Å²) in [6.45, 7) is 0. The van der Waals surface area contributed by atoms with Crippen molar-refractivity contribution in [3.05, 3.63) is 0 Å². The Hall–Kier alpha value is 0.480. The number of rotatable bonds is 12. The van der Waals surface area contributed by atoms with Gasteiger partial charge in [-0.15, -0.1) is 11.8 Å². The molecule has 2 unspecified atom stereocenters. The molecule has 0 spiro atoms. The maximum atomic E-state index is 13.2. The number of halogens is 2. The van der Waals surface area contributed by atoms with Gasteiger partial charge in [0, 0.05) is 5.88 Å². The van der Waals surface area contributed by atoms with Crippen LogP contribution in [0.25, 0.3) is 0 Å². The molecule has 0 aromatic rings. The monoisotopic (exact) mass is 286 g/mol. The van der Waals surface area contributed by atoms with Crippen LogP contribution >= 0.6 is 24.4 Å². The summed E-state index contributed by atoms with van der Waals surface area (Å²) in [5.74, 6) is 2.35. The fourth-order valence-corrected chi connectivity index (χ4v) is 2.38. The molecule has 2 atom stereocenters. The van der Waals surface area contributed by atoms with E-state index in [2.05, 4.69) is 17.9 Å². The molecule has 0 bridgehead atoms. The third-order valence-corrected chi connectivity index (χ3v) is 3.56. The van der Waals surface area contributed by atoms with Gasteiger partial charge in [-0.05, 0) is 50.0 Å². The zero-order valence-corrected chi connectivity index (χ0v) is 11.9. The molecular weight excluding hydrogens is 262 g/mol. The lowest BCUT2D eigenvalue weighted by atomic mass is 10.2. The molecular formula is C11H24F2N2S2. The van der Waals surface area contributed by atoms with E-state index in [1.54, 1.807) is 11.8 Å². The molecule has 104 valence electrons. The Morgan fingerprint density at radius 3 is 2.47 bits per heavy atom. The van der Waals surface area contributed by atoms with E-state index in [-0.39, 0.29) is 0 Å². The summed E-state index contributed by atoms with van der Waals surface area (Å²) < 4.78 is 25.4. The molecule has 0 saturated carbocycles. The molecule has 3 N–H and O–H groups in total. The minimum Gasteiger partial charge on any atom is -0.302 e. The minimum absolute atomic E-state index is 0.420. The highest BCUT2D eigenvalue weighted by Gasteiger charge is 2.04. The van der Waals surface area contributed by atoms with Gasteiger partial charge in [-0.25, -0.2) is 8.78 Å². The van der Waals surface area contributed by atoms with Gasteiger partial charge in [0.1, 0.15) is 6.30 Å². The van der Waals surface area contributed by atoms with Crippen molar-refractivity contribution in [2.24, 2.45) is 5.73 Å². The van der Waals surface area contributed by atoms with Crippen LogP contribution in [0.15, 0.2) is 0 Å². The lowest BCUT2D eigenvalue weighted by Gasteiger charge is -2.09. The molecule has 6 heteroatoms. The number of nitrogens with two attached hydrogens (primary N) is 1. The first-order valence-corrected chi connectivity index (χ1v) is 7.91. The third kappa shape index (κ3) is 14.4. The fraction of sp³-hybridized carbons (Fsp3) is 1.00. The smallest absolute Gasteiger partial charge is 0.151 e. The normalized spacial score (nSPS) is 14.8. The first kappa shape index (κ1) is 17.5. The maximum absolute atomic E-state index is 13.2. The van der Waals surface area contributed by atoms with Crippen LogP contribution in [0.1, 0.15) is 38.5 Å². The third-order valence-electron chi connectivity index (χ3n) is 2.29. The largest absolute Gasteiger partial charge is 0.302 e. The number of thioether (sulfide) groups is 1. The molecule has 0 radical (unpaired) electrons. The molecule has 0 amide bonds. The molecule has 0 aromatic carbocycles. The Labute approximate surface area is 113 Å². The van der Waals surface area contributed by atoms with Gasteiger partial charge in [-0.1, -0.05) is 0 Å². The quantitative estimate of drug-likeness (QED) is 0.223. The van der Waals surface area contributed by atoms with Crippen LogP contribution in [0, 0.1) is 0 Å². The van der Waals surface area contributed by atoms with Gasteiger partial charge in [-0.2, -0.15) is 12.6 Å². The second-order valence-corrected chi connectivity index (χ2v) is 5.51. The highest BCUT2D eigenvalue weighted by molar-refractivity contribution is 7.99. The van der Waals surface area contributed by atoms with Crippen LogP contribution in [0.3, 0.4) is 0 Å². The topological polar surface area (TPSA) is 38.0 Å². The summed E-state index contributed by atoms with van der Waals surface area (Å²) in [7, 11) is 0. The predicted molar refractivity (Wildman–Crippen MR) is 76.0 cm³/mol. The lowest BCUT2D eigenvalue weighted by Crippen LogP contribution is -2.24. The van der Waals surface area contributed by atoms with E-state index in [0.29, 0.717) is 18.7 Å². The van der Waals surface area contributed by atoms with E-state index in [1.807, 2.05) is 0 Å². The van der Waals surface area contributed by atoms with Gasteiger partial charge in [0.15, 0.2) is 6.30 Å². The van der Waals surface area contributed by atoms with Gasteiger partial charge >= 0.3 is 0 Å². The fourth-order valence-electron chi connectivity index (χ4n) is 1.30. The van der Waals surface area contributed by atoms with Crippen LogP contribution in [-0.2, 0) is 0 Å². The highest BCUT2D eigenvalue weighted by atomic mass is 32.2. The highest BCUT2D eigenvalue weighted by Crippen LogP contribution is 2.08. The van der Waals surface area contributed by atoms with Crippen molar-refractivity contribution in [3.63, 3.8) is 0 Å². The summed E-state index contributed by atoms with van der Waals surface area (Å²) >= 11 is 5.72. The summed E-state index contributed by atoms with van der Waals surface area (Å²) in [6, 6.07) is 0. The van der Waals surface area contributed by atoms with E-state index in [0.717, 1.165) is 37.2 Å². The van der Waals surface area contributed by atoms with E-state index < -0.39 is 12.6 Å². The Morgan fingerprint density at radius 1 is 1.12 bits per heavy atom. The number of hydrogen-bond donors (Lipinski definition) is 3. The first-order chi connectivity index (χ1) is 8.16. The van der Waals surface area contributed by atoms with Gasteiger partial charge < -0.3 is 5.73 Å². The van der Waals surface area contributed by atoms with Gasteiger partial charge in [0.05, 0.1) is 0 Å². The van der Waals surface area contributed by atoms with Crippen molar-refractivity contribution in [3.8, 4) is 0 Å². The Kier molecular flexibility index (Phi) is 13.3.